The lowest BCUT2D eigenvalue weighted by atomic mass is 9.86. The highest BCUT2D eigenvalue weighted by molar-refractivity contribution is 5.90. The van der Waals surface area contributed by atoms with Gasteiger partial charge in [0, 0.05) is 19.0 Å². The number of benzene rings is 2. The molecule has 1 saturated heterocycles. The number of carbonyl (C=O) groups is 2. The average molecular weight is 462 g/mol. The Kier molecular flexibility index (Phi) is 7.00. The van der Waals surface area contributed by atoms with E-state index in [1.165, 1.54) is 0 Å². The number of amides is 1. The third kappa shape index (κ3) is 4.98. The molecule has 34 heavy (non-hydrogen) atoms. The van der Waals surface area contributed by atoms with Crippen LogP contribution >= 0.6 is 0 Å². The van der Waals surface area contributed by atoms with Crippen molar-refractivity contribution in [2.75, 3.05) is 32.1 Å². The summed E-state index contributed by atoms with van der Waals surface area (Å²) in [5.41, 5.74) is -1.04. The maximum atomic E-state index is 13.3. The molecule has 0 saturated carbocycles. The first kappa shape index (κ1) is 23.5. The normalized spacial score (nSPS) is 20.0. The van der Waals surface area contributed by atoms with E-state index in [1.54, 1.807) is 66.9 Å². The zero-order valence-corrected chi connectivity index (χ0v) is 19.1. The summed E-state index contributed by atoms with van der Waals surface area (Å²) < 4.78 is 6.18. The van der Waals surface area contributed by atoms with E-state index in [2.05, 4.69) is 15.5 Å². The molecule has 4 rings (SSSR count). The molecule has 0 aliphatic carbocycles. The molecule has 2 atom stereocenters. The van der Waals surface area contributed by atoms with Crippen LogP contribution in [0, 0.1) is 0 Å². The number of rotatable bonds is 8. The third-order valence-corrected chi connectivity index (χ3v) is 6.52. The first-order chi connectivity index (χ1) is 16.4. The van der Waals surface area contributed by atoms with Crippen LogP contribution in [-0.4, -0.2) is 64.4 Å². The Hall–Kier alpha value is -3.62. The molecule has 8 nitrogen and oxygen atoms in total. The molecular formula is C26H29N4O4+. The molecule has 0 bridgehead atoms. The van der Waals surface area contributed by atoms with Gasteiger partial charge in [-0.1, -0.05) is 60.7 Å². The van der Waals surface area contributed by atoms with Crippen molar-refractivity contribution in [1.29, 1.82) is 0 Å². The van der Waals surface area contributed by atoms with Gasteiger partial charge >= 0.3 is 5.97 Å². The van der Waals surface area contributed by atoms with Gasteiger partial charge in [0.25, 0.3) is 5.91 Å². The lowest BCUT2D eigenvalue weighted by Crippen LogP contribution is -2.54. The highest BCUT2D eigenvalue weighted by atomic mass is 16.6. The lowest BCUT2D eigenvalue weighted by molar-refractivity contribution is -0.913. The smallest absolute Gasteiger partial charge is 0.347 e. The summed E-state index contributed by atoms with van der Waals surface area (Å²) in [5, 5.41) is 22.0. The topological polar surface area (TPSA) is 101 Å². The molecule has 0 spiro atoms. The standard InChI is InChI=1S/C26H28N4O4/c1-30(18-24(31)28-23-15-8-16-27-29-23)17-9-14-22(30)19-34-25(32)26(33,20-10-4-2-5-11-20)21-12-6-3-7-13-21/h2-8,10-13,15-16,22,33H,9,14,17-19H2,1H3/p+1/t22?,30-/m1/s1. The van der Waals surface area contributed by atoms with Crippen LogP contribution in [0.2, 0.25) is 0 Å². The lowest BCUT2D eigenvalue weighted by Gasteiger charge is -2.36. The molecule has 2 aromatic carbocycles. The average Bonchev–Trinajstić information content (AvgIpc) is 3.23. The second-order valence-electron chi connectivity index (χ2n) is 8.86. The van der Waals surface area contributed by atoms with Crippen LogP contribution in [0.5, 0.6) is 0 Å². The Morgan fingerprint density at radius 3 is 2.29 bits per heavy atom. The number of carbonyl (C=O) groups excluding carboxylic acids is 2. The fourth-order valence-corrected chi connectivity index (χ4v) is 4.57. The molecular weight excluding hydrogens is 432 g/mol. The van der Waals surface area contributed by atoms with Crippen molar-refractivity contribution < 1.29 is 23.9 Å². The number of quaternary nitrogens is 1. The van der Waals surface area contributed by atoms with Gasteiger partial charge < -0.3 is 19.6 Å². The van der Waals surface area contributed by atoms with Crippen molar-refractivity contribution in [2.24, 2.45) is 0 Å². The summed E-state index contributed by atoms with van der Waals surface area (Å²) in [6.07, 6.45) is 3.27. The van der Waals surface area contributed by atoms with E-state index in [-0.39, 0.29) is 25.1 Å². The minimum Gasteiger partial charge on any atom is -0.457 e. The molecule has 1 aliphatic rings. The minimum atomic E-state index is -1.92. The zero-order chi connectivity index (χ0) is 24.0. The Bertz CT molecular complexity index is 1070. The molecule has 3 aromatic rings. The molecule has 0 radical (unpaired) electrons. The van der Waals surface area contributed by atoms with Gasteiger partial charge in [-0.05, 0) is 23.3 Å². The van der Waals surface area contributed by atoms with Gasteiger partial charge in [-0.25, -0.2) is 4.79 Å². The fourth-order valence-electron chi connectivity index (χ4n) is 4.57. The van der Waals surface area contributed by atoms with Gasteiger partial charge in [-0.3, -0.25) is 4.79 Å². The number of hydrogen-bond donors (Lipinski definition) is 2. The first-order valence-corrected chi connectivity index (χ1v) is 11.3. The minimum absolute atomic E-state index is 0.0626. The van der Waals surface area contributed by atoms with Gasteiger partial charge in [0.1, 0.15) is 12.6 Å². The highest BCUT2D eigenvalue weighted by Crippen LogP contribution is 2.32. The molecule has 8 heteroatoms. The van der Waals surface area contributed by atoms with E-state index in [0.717, 1.165) is 19.4 Å². The summed E-state index contributed by atoms with van der Waals surface area (Å²) in [5.74, 6) is -0.504. The number of nitrogens with zero attached hydrogens (tertiary/aromatic N) is 3. The van der Waals surface area contributed by atoms with E-state index >= 15 is 0 Å². The van der Waals surface area contributed by atoms with Gasteiger partial charge in [-0.15, -0.1) is 5.10 Å². The summed E-state index contributed by atoms with van der Waals surface area (Å²) >= 11 is 0. The molecule has 1 aromatic heterocycles. The quantitative estimate of drug-likeness (QED) is 0.395. The van der Waals surface area contributed by atoms with Crippen molar-refractivity contribution in [1.82, 2.24) is 10.2 Å². The molecule has 1 fully saturated rings. The van der Waals surface area contributed by atoms with Gasteiger partial charge in [0.05, 0.1) is 13.6 Å². The van der Waals surface area contributed by atoms with E-state index in [0.29, 0.717) is 21.4 Å². The van der Waals surface area contributed by atoms with Crippen molar-refractivity contribution >= 4 is 17.7 Å². The van der Waals surface area contributed by atoms with E-state index in [4.69, 9.17) is 4.74 Å². The van der Waals surface area contributed by atoms with Gasteiger partial charge in [0.2, 0.25) is 5.60 Å². The number of hydrogen-bond acceptors (Lipinski definition) is 6. The van der Waals surface area contributed by atoms with Crippen LogP contribution in [0.3, 0.4) is 0 Å². The summed E-state index contributed by atoms with van der Waals surface area (Å²) in [7, 11) is 1.99. The maximum absolute atomic E-state index is 13.3. The van der Waals surface area contributed by atoms with Crippen molar-refractivity contribution in [2.45, 2.75) is 24.5 Å². The van der Waals surface area contributed by atoms with Gasteiger partial charge in [0.15, 0.2) is 12.4 Å². The van der Waals surface area contributed by atoms with Crippen LogP contribution in [-0.2, 0) is 19.9 Å². The largest absolute Gasteiger partial charge is 0.457 e. The number of anilines is 1. The SMILES string of the molecule is C[N@+]1(CC(=O)Nc2cccnn2)CCCC1COC(=O)C(O)(c1ccccc1)c1ccccc1. The van der Waals surface area contributed by atoms with Crippen LogP contribution < -0.4 is 5.32 Å². The van der Waals surface area contributed by atoms with E-state index < -0.39 is 11.6 Å². The monoisotopic (exact) mass is 461 g/mol. The predicted octanol–water partition coefficient (Wildman–Crippen LogP) is 2.50. The van der Waals surface area contributed by atoms with Crippen LogP contribution in [0.25, 0.3) is 0 Å². The number of ether oxygens (including phenoxy) is 1. The van der Waals surface area contributed by atoms with Crippen molar-refractivity contribution in [3.8, 4) is 0 Å². The Balaban J connectivity index is 1.46. The van der Waals surface area contributed by atoms with Gasteiger partial charge in [-0.2, -0.15) is 5.10 Å². The number of nitrogens with one attached hydrogen (secondary N) is 1. The molecule has 176 valence electrons. The zero-order valence-electron chi connectivity index (χ0n) is 19.1. The predicted molar refractivity (Wildman–Crippen MR) is 126 cm³/mol. The molecule has 1 amide bonds. The summed E-state index contributed by atoms with van der Waals surface area (Å²) in [4.78, 5) is 26.0. The molecule has 2 N–H and O–H groups in total. The second-order valence-corrected chi connectivity index (χ2v) is 8.86. The number of likely N-dealkylation sites (N-methyl/N-ethyl adjacent to an activating group) is 1. The third-order valence-electron chi connectivity index (χ3n) is 6.52. The van der Waals surface area contributed by atoms with Crippen LogP contribution in [0.1, 0.15) is 24.0 Å². The van der Waals surface area contributed by atoms with Crippen molar-refractivity contribution in [3.63, 3.8) is 0 Å². The fraction of sp³-hybridized carbons (Fsp3) is 0.308. The molecule has 1 unspecified atom stereocenters. The summed E-state index contributed by atoms with van der Waals surface area (Å²) in [6, 6.07) is 20.9. The van der Waals surface area contributed by atoms with Crippen LogP contribution in [0.15, 0.2) is 79.0 Å². The van der Waals surface area contributed by atoms with E-state index in [1.807, 2.05) is 19.2 Å². The molecule has 2 heterocycles. The van der Waals surface area contributed by atoms with Crippen LogP contribution in [0.4, 0.5) is 5.82 Å². The number of likely N-dealkylation sites (tertiary alicyclic amines) is 1. The van der Waals surface area contributed by atoms with E-state index in [9.17, 15) is 14.7 Å². The maximum Gasteiger partial charge on any atom is 0.347 e. The summed E-state index contributed by atoms with van der Waals surface area (Å²) in [6.45, 7) is 1.12. The highest BCUT2D eigenvalue weighted by Gasteiger charge is 2.45. The first-order valence-electron chi connectivity index (χ1n) is 11.3. The Morgan fingerprint density at radius 1 is 1.06 bits per heavy atom. The number of aromatic nitrogens is 2. The number of aliphatic hydroxyl groups is 1. The number of esters is 1. The molecule has 1 aliphatic heterocycles. The Morgan fingerprint density at radius 2 is 1.71 bits per heavy atom. The second kappa shape index (κ2) is 10.1. The van der Waals surface area contributed by atoms with Crippen molar-refractivity contribution in [3.05, 3.63) is 90.1 Å². The Labute approximate surface area is 198 Å².